The molecule has 0 fully saturated rings. The van der Waals surface area contributed by atoms with Crippen molar-refractivity contribution in [2.24, 2.45) is 5.92 Å². The highest BCUT2D eigenvalue weighted by Gasteiger charge is 2.25. The summed E-state index contributed by atoms with van der Waals surface area (Å²) in [5, 5.41) is 0. The number of halogens is 1. The second kappa shape index (κ2) is 4.95. The summed E-state index contributed by atoms with van der Waals surface area (Å²) >= 11 is 0. The molecule has 0 aliphatic heterocycles. The normalized spacial score (nSPS) is 16.9. The molecule has 0 bridgehead atoms. The lowest BCUT2D eigenvalue weighted by Gasteiger charge is -2.13. The van der Waals surface area contributed by atoms with Gasteiger partial charge in [0.25, 0.3) is 0 Å². The van der Waals surface area contributed by atoms with Gasteiger partial charge in [-0.25, -0.2) is 4.57 Å². The van der Waals surface area contributed by atoms with Crippen LogP contribution in [0.4, 0.5) is 4.20 Å². The van der Waals surface area contributed by atoms with E-state index in [-0.39, 0.29) is 12.5 Å². The van der Waals surface area contributed by atoms with Gasteiger partial charge in [-0.2, -0.15) is 0 Å². The van der Waals surface area contributed by atoms with Gasteiger partial charge in [0.1, 0.15) is 0 Å². The highest BCUT2D eigenvalue weighted by atomic mass is 31.2. The molecule has 0 aliphatic rings. The van der Waals surface area contributed by atoms with Crippen molar-refractivity contribution in [3.05, 3.63) is 0 Å². The smallest absolute Gasteiger partial charge is 0.283 e. The third kappa shape index (κ3) is 6.77. The predicted molar refractivity (Wildman–Crippen MR) is 45.7 cm³/mol. The summed E-state index contributed by atoms with van der Waals surface area (Å²) < 4.78 is 32.6. The zero-order valence-corrected chi connectivity index (χ0v) is 8.81. The quantitative estimate of drug-likeness (QED) is 0.636. The van der Waals surface area contributed by atoms with Gasteiger partial charge in [-0.1, -0.05) is 13.8 Å². The molecule has 1 unspecified atom stereocenters. The number of rotatable bonds is 5. The van der Waals surface area contributed by atoms with Crippen molar-refractivity contribution >= 4 is 7.91 Å². The van der Waals surface area contributed by atoms with Crippen molar-refractivity contribution in [2.45, 2.75) is 33.8 Å². The van der Waals surface area contributed by atoms with E-state index in [1.807, 2.05) is 13.8 Å². The summed E-state index contributed by atoms with van der Waals surface area (Å²) in [6, 6.07) is 0. The van der Waals surface area contributed by atoms with Crippen LogP contribution in [-0.4, -0.2) is 12.7 Å². The number of hydrogen-bond acceptors (Lipinski definition) is 3. The third-order valence-electron chi connectivity index (χ3n) is 0.899. The van der Waals surface area contributed by atoms with Gasteiger partial charge >= 0.3 is 7.91 Å². The molecule has 0 radical (unpaired) electrons. The zero-order chi connectivity index (χ0) is 9.78. The minimum Gasteiger partial charge on any atom is -0.283 e. The van der Waals surface area contributed by atoms with Crippen LogP contribution in [0.5, 0.6) is 0 Å². The first-order valence-electron chi connectivity index (χ1n) is 3.96. The van der Waals surface area contributed by atoms with Gasteiger partial charge in [-0.15, -0.1) is 4.20 Å². The van der Waals surface area contributed by atoms with Crippen LogP contribution in [0.2, 0.25) is 0 Å². The largest absolute Gasteiger partial charge is 0.513 e. The van der Waals surface area contributed by atoms with Crippen molar-refractivity contribution in [3.63, 3.8) is 0 Å². The molecule has 0 rings (SSSR count). The molecule has 74 valence electrons. The van der Waals surface area contributed by atoms with Crippen LogP contribution in [0.1, 0.15) is 27.7 Å². The highest BCUT2D eigenvalue weighted by Crippen LogP contribution is 2.51. The summed E-state index contributed by atoms with van der Waals surface area (Å²) in [5.41, 5.74) is 0. The van der Waals surface area contributed by atoms with Crippen LogP contribution in [0.25, 0.3) is 0 Å². The maximum atomic E-state index is 12.8. The minimum atomic E-state index is -4.30. The summed E-state index contributed by atoms with van der Waals surface area (Å²) in [6.07, 6.45) is -0.423. The second-order valence-electron chi connectivity index (χ2n) is 3.27. The highest BCUT2D eigenvalue weighted by molar-refractivity contribution is 7.48. The topological polar surface area (TPSA) is 35.5 Å². The Bertz CT molecular complexity index is 170. The van der Waals surface area contributed by atoms with Crippen molar-refractivity contribution in [1.82, 2.24) is 0 Å². The SMILES string of the molecule is CC(C)COP(=O)(F)OC(C)C. The van der Waals surface area contributed by atoms with Crippen molar-refractivity contribution < 1.29 is 17.8 Å². The Morgan fingerprint density at radius 2 is 1.83 bits per heavy atom. The van der Waals surface area contributed by atoms with Gasteiger partial charge < -0.3 is 0 Å². The Hall–Kier alpha value is 0.0800. The molecule has 0 amide bonds. The Morgan fingerprint density at radius 3 is 2.17 bits per heavy atom. The molecular weight excluding hydrogens is 182 g/mol. The van der Waals surface area contributed by atoms with E-state index in [1.54, 1.807) is 13.8 Å². The van der Waals surface area contributed by atoms with Crippen LogP contribution in [0.15, 0.2) is 0 Å². The van der Waals surface area contributed by atoms with Crippen LogP contribution < -0.4 is 0 Å². The summed E-state index contributed by atoms with van der Waals surface area (Å²) in [5.74, 6) is 0.143. The Morgan fingerprint density at radius 1 is 1.33 bits per heavy atom. The van der Waals surface area contributed by atoms with E-state index in [2.05, 4.69) is 9.05 Å². The summed E-state index contributed by atoms with van der Waals surface area (Å²) in [7, 11) is -4.30. The first kappa shape index (κ1) is 12.1. The fraction of sp³-hybridized carbons (Fsp3) is 1.00. The van der Waals surface area contributed by atoms with E-state index in [0.717, 1.165) is 0 Å². The van der Waals surface area contributed by atoms with Gasteiger partial charge in [0, 0.05) is 0 Å². The molecular formula is C7H16FO3P. The van der Waals surface area contributed by atoms with E-state index in [9.17, 15) is 8.76 Å². The molecule has 3 nitrogen and oxygen atoms in total. The van der Waals surface area contributed by atoms with Crippen molar-refractivity contribution in [2.75, 3.05) is 6.61 Å². The Kier molecular flexibility index (Phi) is 4.98. The molecule has 0 saturated carbocycles. The molecule has 0 aromatic carbocycles. The standard InChI is InChI=1S/C7H16FO3P/c1-6(2)5-10-12(8,9)11-7(3)4/h6-7H,5H2,1-4H3. The van der Waals surface area contributed by atoms with Crippen molar-refractivity contribution in [1.29, 1.82) is 0 Å². The minimum absolute atomic E-state index is 0.112. The molecule has 0 heterocycles. The second-order valence-corrected chi connectivity index (χ2v) is 4.60. The molecule has 0 aliphatic carbocycles. The zero-order valence-electron chi connectivity index (χ0n) is 7.91. The average molecular weight is 198 g/mol. The van der Waals surface area contributed by atoms with E-state index in [4.69, 9.17) is 0 Å². The first-order valence-corrected chi connectivity index (χ1v) is 5.39. The number of hydrogen-bond donors (Lipinski definition) is 0. The molecule has 5 heteroatoms. The van der Waals surface area contributed by atoms with Crippen LogP contribution in [0.3, 0.4) is 0 Å². The Labute approximate surface area is 72.9 Å². The Balaban J connectivity index is 3.80. The third-order valence-corrected chi connectivity index (χ3v) is 2.03. The fourth-order valence-corrected chi connectivity index (χ4v) is 1.56. The van der Waals surface area contributed by atoms with Crippen molar-refractivity contribution in [3.8, 4) is 0 Å². The van der Waals surface area contributed by atoms with Gasteiger partial charge in [0.2, 0.25) is 0 Å². The molecule has 12 heavy (non-hydrogen) atoms. The lowest BCUT2D eigenvalue weighted by atomic mass is 10.2. The fourth-order valence-electron chi connectivity index (χ4n) is 0.520. The molecule has 0 spiro atoms. The summed E-state index contributed by atoms with van der Waals surface area (Å²) in [4.78, 5) is 0. The van der Waals surface area contributed by atoms with Crippen LogP contribution in [0, 0.1) is 5.92 Å². The first-order chi connectivity index (χ1) is 5.33. The molecule has 1 atom stereocenters. The van der Waals surface area contributed by atoms with E-state index < -0.39 is 14.0 Å². The van der Waals surface area contributed by atoms with Gasteiger partial charge in [0.15, 0.2) is 0 Å². The van der Waals surface area contributed by atoms with Gasteiger partial charge in [0.05, 0.1) is 12.7 Å². The monoisotopic (exact) mass is 198 g/mol. The molecule has 0 aromatic rings. The summed E-state index contributed by atoms with van der Waals surface area (Å²) in [6.45, 7) is 7.00. The van der Waals surface area contributed by atoms with Gasteiger partial charge in [-0.05, 0) is 19.8 Å². The average Bonchev–Trinajstić information content (AvgIpc) is 1.81. The van der Waals surface area contributed by atoms with Crippen LogP contribution >= 0.6 is 7.91 Å². The van der Waals surface area contributed by atoms with E-state index >= 15 is 0 Å². The maximum Gasteiger partial charge on any atom is 0.513 e. The molecule has 0 aromatic heterocycles. The lowest BCUT2D eigenvalue weighted by molar-refractivity contribution is 0.132. The van der Waals surface area contributed by atoms with Crippen LogP contribution in [-0.2, 0) is 13.6 Å². The molecule has 0 N–H and O–H groups in total. The lowest BCUT2D eigenvalue weighted by Crippen LogP contribution is -2.04. The predicted octanol–water partition coefficient (Wildman–Crippen LogP) is 3.16. The van der Waals surface area contributed by atoms with E-state index in [0.29, 0.717) is 0 Å². The van der Waals surface area contributed by atoms with Gasteiger partial charge in [-0.3, -0.25) is 9.05 Å². The molecule has 0 saturated heterocycles. The maximum absolute atomic E-state index is 12.8. The van der Waals surface area contributed by atoms with E-state index in [1.165, 1.54) is 0 Å².